The van der Waals surface area contributed by atoms with Gasteiger partial charge in [-0.25, -0.2) is 19.0 Å². The number of rotatable bonds is 3. The lowest BCUT2D eigenvalue weighted by Crippen LogP contribution is -2.29. The summed E-state index contributed by atoms with van der Waals surface area (Å²) in [5.74, 6) is -2.58. The van der Waals surface area contributed by atoms with E-state index in [1.165, 1.54) is 23.0 Å². The number of nitrogens with zero attached hydrogens (tertiary/aromatic N) is 4. The second kappa shape index (κ2) is 7.52. The van der Waals surface area contributed by atoms with Crippen LogP contribution in [0.1, 0.15) is 26.4 Å². The maximum Gasteiger partial charge on any atom is 0.573 e. The Kier molecular flexibility index (Phi) is 4.83. The van der Waals surface area contributed by atoms with Crippen molar-refractivity contribution in [3.63, 3.8) is 0 Å². The van der Waals surface area contributed by atoms with E-state index in [1.807, 2.05) is 0 Å². The minimum atomic E-state index is -4.88. The molecular formula is C22H11ClF4N4O3. The molecule has 0 unspecified atom stereocenters. The van der Waals surface area contributed by atoms with Gasteiger partial charge in [0.25, 0.3) is 11.8 Å². The summed E-state index contributed by atoms with van der Waals surface area (Å²) in [6, 6.07) is 8.29. The van der Waals surface area contributed by atoms with Gasteiger partial charge in [0.2, 0.25) is 0 Å². The van der Waals surface area contributed by atoms with Crippen molar-refractivity contribution in [2.75, 3.05) is 4.90 Å². The van der Waals surface area contributed by atoms with Gasteiger partial charge in [-0.1, -0.05) is 11.6 Å². The Balaban J connectivity index is 1.59. The molecule has 0 atom stereocenters. The van der Waals surface area contributed by atoms with Crippen molar-refractivity contribution in [1.82, 2.24) is 14.8 Å². The minimum absolute atomic E-state index is 0.00709. The number of aromatic nitrogens is 3. The van der Waals surface area contributed by atoms with Gasteiger partial charge in [0.05, 0.1) is 27.9 Å². The van der Waals surface area contributed by atoms with Gasteiger partial charge in [-0.2, -0.15) is 5.10 Å². The van der Waals surface area contributed by atoms with Crippen LogP contribution in [0, 0.1) is 12.7 Å². The first kappa shape index (κ1) is 21.8. The number of hydrogen-bond donors (Lipinski definition) is 0. The standard InChI is InChI=1S/C22H11ClF4N4O3/c1-10-17-18-14(9-28-19(17)31(29-10)16-7-2-11(23)8-15(16)24)20(32)30(21(18)33)12-3-5-13(6-4-12)34-22(25,26)27/h2-9H,1H3. The molecule has 5 rings (SSSR count). The summed E-state index contributed by atoms with van der Waals surface area (Å²) in [6.07, 6.45) is -3.69. The number of carbonyl (C=O) groups is 2. The highest BCUT2D eigenvalue weighted by Gasteiger charge is 2.40. The number of ether oxygens (including phenoxy) is 1. The highest BCUT2D eigenvalue weighted by Crippen LogP contribution is 2.36. The molecule has 0 radical (unpaired) electrons. The van der Waals surface area contributed by atoms with Crippen LogP contribution in [0.25, 0.3) is 16.7 Å². The van der Waals surface area contributed by atoms with Gasteiger partial charge in [0.1, 0.15) is 17.3 Å². The molecule has 0 bridgehead atoms. The van der Waals surface area contributed by atoms with E-state index in [-0.39, 0.29) is 38.6 Å². The lowest BCUT2D eigenvalue weighted by Gasteiger charge is -2.15. The molecule has 0 spiro atoms. The zero-order chi connectivity index (χ0) is 24.4. The second-order valence-corrected chi connectivity index (χ2v) is 7.76. The van der Waals surface area contributed by atoms with E-state index in [1.54, 1.807) is 6.92 Å². The molecule has 2 aromatic heterocycles. The van der Waals surface area contributed by atoms with Gasteiger partial charge < -0.3 is 4.74 Å². The number of halogens is 5. The third kappa shape index (κ3) is 3.45. The van der Waals surface area contributed by atoms with Crippen molar-refractivity contribution in [3.05, 3.63) is 76.3 Å². The summed E-state index contributed by atoms with van der Waals surface area (Å²) in [4.78, 5) is 31.3. The Bertz CT molecular complexity index is 1500. The van der Waals surface area contributed by atoms with Gasteiger partial charge in [-0.05, 0) is 49.4 Å². The number of carbonyl (C=O) groups excluding carboxylic acids is 2. The van der Waals surface area contributed by atoms with E-state index < -0.39 is 29.7 Å². The molecule has 34 heavy (non-hydrogen) atoms. The van der Waals surface area contributed by atoms with Crippen LogP contribution in [0.2, 0.25) is 5.02 Å². The molecule has 0 aliphatic carbocycles. The maximum absolute atomic E-state index is 14.5. The quantitative estimate of drug-likeness (QED) is 0.291. The highest BCUT2D eigenvalue weighted by molar-refractivity contribution is 6.37. The Morgan fingerprint density at radius 3 is 2.38 bits per heavy atom. The van der Waals surface area contributed by atoms with Crippen LogP contribution in [-0.2, 0) is 0 Å². The molecule has 0 fully saturated rings. The number of pyridine rings is 1. The molecule has 2 amide bonds. The van der Waals surface area contributed by atoms with Crippen molar-refractivity contribution in [2.45, 2.75) is 13.3 Å². The van der Waals surface area contributed by atoms with E-state index in [4.69, 9.17) is 11.6 Å². The fraction of sp³-hybridized carbons (Fsp3) is 0.0909. The molecule has 1 aliphatic rings. The molecule has 0 saturated carbocycles. The Morgan fingerprint density at radius 2 is 1.74 bits per heavy atom. The predicted molar refractivity (Wildman–Crippen MR) is 113 cm³/mol. The Labute approximate surface area is 193 Å². The van der Waals surface area contributed by atoms with Gasteiger partial charge in [-0.15, -0.1) is 13.2 Å². The Hall–Kier alpha value is -3.99. The molecule has 0 saturated heterocycles. The first-order valence-corrected chi connectivity index (χ1v) is 10.0. The third-order valence-electron chi connectivity index (χ3n) is 5.19. The first-order chi connectivity index (χ1) is 16.0. The zero-order valence-electron chi connectivity index (χ0n) is 17.0. The summed E-state index contributed by atoms with van der Waals surface area (Å²) in [5.41, 5.74) is 0.572. The summed E-state index contributed by atoms with van der Waals surface area (Å²) >= 11 is 5.82. The van der Waals surface area contributed by atoms with Gasteiger partial charge >= 0.3 is 6.36 Å². The monoisotopic (exact) mass is 490 g/mol. The van der Waals surface area contributed by atoms with Crippen molar-refractivity contribution in [1.29, 1.82) is 0 Å². The number of alkyl halides is 3. The molecule has 4 aromatic rings. The Morgan fingerprint density at radius 1 is 1.03 bits per heavy atom. The lowest BCUT2D eigenvalue weighted by molar-refractivity contribution is -0.274. The summed E-state index contributed by atoms with van der Waals surface area (Å²) in [7, 11) is 0. The van der Waals surface area contributed by atoms with Crippen LogP contribution in [0.4, 0.5) is 23.2 Å². The van der Waals surface area contributed by atoms with Crippen LogP contribution in [-0.4, -0.2) is 32.9 Å². The van der Waals surface area contributed by atoms with Gasteiger partial charge in [0.15, 0.2) is 5.65 Å². The van der Waals surface area contributed by atoms with E-state index in [0.717, 1.165) is 35.2 Å². The smallest absolute Gasteiger partial charge is 0.406 e. The van der Waals surface area contributed by atoms with E-state index in [9.17, 15) is 27.2 Å². The van der Waals surface area contributed by atoms with Crippen LogP contribution >= 0.6 is 11.6 Å². The minimum Gasteiger partial charge on any atom is -0.406 e. The summed E-state index contributed by atoms with van der Waals surface area (Å²) < 4.78 is 56.8. The molecule has 3 heterocycles. The first-order valence-electron chi connectivity index (χ1n) is 9.63. The second-order valence-electron chi connectivity index (χ2n) is 7.33. The molecule has 12 heteroatoms. The predicted octanol–water partition coefficient (Wildman–Crippen LogP) is 5.22. The molecule has 1 aliphatic heterocycles. The van der Waals surface area contributed by atoms with Crippen LogP contribution < -0.4 is 9.64 Å². The number of fused-ring (bicyclic) bond motifs is 3. The average Bonchev–Trinajstić information content (AvgIpc) is 3.22. The zero-order valence-corrected chi connectivity index (χ0v) is 17.8. The fourth-order valence-corrected chi connectivity index (χ4v) is 3.97. The van der Waals surface area contributed by atoms with Crippen molar-refractivity contribution in [3.8, 4) is 11.4 Å². The average molecular weight is 491 g/mol. The summed E-state index contributed by atoms with van der Waals surface area (Å²) in [6.45, 7) is 1.58. The van der Waals surface area contributed by atoms with Crippen molar-refractivity contribution >= 4 is 40.1 Å². The highest BCUT2D eigenvalue weighted by atomic mass is 35.5. The van der Waals surface area contributed by atoms with Crippen LogP contribution in [0.15, 0.2) is 48.7 Å². The maximum atomic E-state index is 14.5. The molecule has 2 aromatic carbocycles. The number of imide groups is 1. The van der Waals surface area contributed by atoms with E-state index >= 15 is 0 Å². The SMILES string of the molecule is Cc1nn(-c2ccc(Cl)cc2F)c2ncc3c(c12)C(=O)N(c1ccc(OC(F)(F)F)cc1)C3=O. The van der Waals surface area contributed by atoms with Crippen LogP contribution in [0.3, 0.4) is 0 Å². The normalized spacial score (nSPS) is 13.6. The number of amides is 2. The molecule has 0 N–H and O–H groups in total. The van der Waals surface area contributed by atoms with Crippen molar-refractivity contribution < 1.29 is 31.9 Å². The molecule has 172 valence electrons. The number of anilines is 1. The molecule has 7 nitrogen and oxygen atoms in total. The van der Waals surface area contributed by atoms with Crippen molar-refractivity contribution in [2.24, 2.45) is 0 Å². The lowest BCUT2D eigenvalue weighted by atomic mass is 10.1. The van der Waals surface area contributed by atoms with Crippen LogP contribution in [0.5, 0.6) is 5.75 Å². The topological polar surface area (TPSA) is 77.3 Å². The van der Waals surface area contributed by atoms with Gasteiger partial charge in [-0.3, -0.25) is 9.59 Å². The van der Waals surface area contributed by atoms with Gasteiger partial charge in [0, 0.05) is 11.2 Å². The number of aryl methyl sites for hydroxylation is 1. The summed E-state index contributed by atoms with van der Waals surface area (Å²) in [5, 5.41) is 4.74. The van der Waals surface area contributed by atoms with E-state index in [2.05, 4.69) is 14.8 Å². The molecular weight excluding hydrogens is 480 g/mol. The fourth-order valence-electron chi connectivity index (χ4n) is 3.81. The number of benzene rings is 2. The van der Waals surface area contributed by atoms with E-state index in [0.29, 0.717) is 5.69 Å². The number of hydrogen-bond acceptors (Lipinski definition) is 5. The third-order valence-corrected chi connectivity index (χ3v) is 5.42. The largest absolute Gasteiger partial charge is 0.573 e.